The number of amides is 1. The van der Waals surface area contributed by atoms with Gasteiger partial charge in [-0.15, -0.1) is 0 Å². The monoisotopic (exact) mass is 523 g/mol. The first-order chi connectivity index (χ1) is 16.5. The molecular formula is C18H13N5O10S2. The number of phenols is 1. The summed E-state index contributed by atoms with van der Waals surface area (Å²) in [6, 6.07) is 7.26. The summed E-state index contributed by atoms with van der Waals surface area (Å²) in [5.74, 6) is -2.74. The number of benzene rings is 2. The first kappa shape index (κ1) is 25.0. The number of esters is 1. The van der Waals surface area contributed by atoms with Gasteiger partial charge in [-0.3, -0.25) is 35.1 Å². The standard InChI is InChI=1S/C18H13N5O10S2/c24-14-6-5-12(35(31,32)21-10-1-3-11(4-2-10)22(27)28)7-13(14)17(26)33-9-15(25)20-18-19-8-16(34-18)23(29)30/h1-8,21,24H,9H2,(H,19,20,25). The van der Waals surface area contributed by atoms with E-state index in [1.807, 2.05) is 0 Å². The molecule has 0 saturated carbocycles. The van der Waals surface area contributed by atoms with Crippen molar-refractivity contribution in [1.29, 1.82) is 0 Å². The predicted molar refractivity (Wildman–Crippen MR) is 120 cm³/mol. The molecule has 17 heteroatoms. The van der Waals surface area contributed by atoms with Gasteiger partial charge in [0.05, 0.1) is 14.7 Å². The van der Waals surface area contributed by atoms with Crippen LogP contribution < -0.4 is 10.0 Å². The van der Waals surface area contributed by atoms with Crippen LogP contribution in [-0.2, 0) is 19.6 Å². The van der Waals surface area contributed by atoms with E-state index < -0.39 is 54.6 Å². The smallest absolute Gasteiger partial charge is 0.345 e. The lowest BCUT2D eigenvalue weighted by molar-refractivity contribution is -0.384. The predicted octanol–water partition coefficient (Wildman–Crippen LogP) is 2.26. The zero-order valence-corrected chi connectivity index (χ0v) is 18.7. The fraction of sp³-hybridized carbons (Fsp3) is 0.0556. The van der Waals surface area contributed by atoms with E-state index in [1.165, 1.54) is 12.1 Å². The minimum Gasteiger partial charge on any atom is -0.507 e. The van der Waals surface area contributed by atoms with Crippen molar-refractivity contribution >= 4 is 54.7 Å². The quantitative estimate of drug-likeness (QED) is 0.210. The molecule has 3 aromatic rings. The zero-order chi connectivity index (χ0) is 25.8. The molecule has 3 rings (SSSR count). The number of nitro groups is 2. The molecule has 0 unspecified atom stereocenters. The van der Waals surface area contributed by atoms with Crippen LogP contribution in [0, 0.1) is 20.2 Å². The van der Waals surface area contributed by atoms with Gasteiger partial charge < -0.3 is 9.84 Å². The molecule has 1 heterocycles. The van der Waals surface area contributed by atoms with Gasteiger partial charge in [-0.1, -0.05) is 0 Å². The first-order valence-electron chi connectivity index (χ1n) is 9.14. The number of nitrogens with one attached hydrogen (secondary N) is 2. The second kappa shape index (κ2) is 10.1. The Hall–Kier alpha value is -4.64. The van der Waals surface area contributed by atoms with E-state index in [9.17, 15) is 43.3 Å². The maximum Gasteiger partial charge on any atom is 0.345 e. The fourth-order valence-electron chi connectivity index (χ4n) is 2.48. The van der Waals surface area contributed by atoms with Gasteiger partial charge >= 0.3 is 11.0 Å². The molecule has 1 aromatic heterocycles. The van der Waals surface area contributed by atoms with E-state index in [1.54, 1.807) is 0 Å². The van der Waals surface area contributed by atoms with Crippen LogP contribution in [-0.4, -0.2) is 46.8 Å². The minimum atomic E-state index is -4.28. The molecular weight excluding hydrogens is 510 g/mol. The molecule has 0 bridgehead atoms. The Labute approximate surface area is 199 Å². The summed E-state index contributed by atoms with van der Waals surface area (Å²) < 4.78 is 32.2. The molecule has 35 heavy (non-hydrogen) atoms. The average molecular weight is 523 g/mol. The van der Waals surface area contributed by atoms with Crippen molar-refractivity contribution in [3.8, 4) is 5.75 Å². The minimum absolute atomic E-state index is 0.00639. The molecule has 1 amide bonds. The molecule has 2 aromatic carbocycles. The van der Waals surface area contributed by atoms with Gasteiger partial charge in [-0.25, -0.2) is 18.2 Å². The van der Waals surface area contributed by atoms with Crippen molar-refractivity contribution in [3.63, 3.8) is 0 Å². The highest BCUT2D eigenvalue weighted by atomic mass is 32.2. The number of ether oxygens (including phenoxy) is 1. The van der Waals surface area contributed by atoms with Crippen LogP contribution in [0.1, 0.15) is 10.4 Å². The summed E-state index contributed by atoms with van der Waals surface area (Å²) in [5.41, 5.74) is -0.805. The van der Waals surface area contributed by atoms with Gasteiger partial charge in [-0.05, 0) is 41.7 Å². The molecule has 3 N–H and O–H groups in total. The Balaban J connectivity index is 1.68. The maximum absolute atomic E-state index is 12.6. The Bertz CT molecular complexity index is 1420. The number of aromatic nitrogens is 1. The number of phenolic OH excluding ortho intramolecular Hbond substituents is 1. The van der Waals surface area contributed by atoms with E-state index in [4.69, 9.17) is 4.74 Å². The SMILES string of the molecule is O=C(COC(=O)c1cc(S(=O)(=O)Nc2ccc([N+](=O)[O-])cc2)ccc1O)Nc1ncc([N+](=O)[O-])s1. The van der Waals surface area contributed by atoms with Crippen molar-refractivity contribution in [2.45, 2.75) is 4.90 Å². The number of non-ortho nitro benzene ring substituents is 1. The Morgan fingerprint density at radius 2 is 1.77 bits per heavy atom. The van der Waals surface area contributed by atoms with Gasteiger partial charge in [-0.2, -0.15) is 0 Å². The van der Waals surface area contributed by atoms with Crippen LogP contribution in [0.25, 0.3) is 0 Å². The molecule has 0 aliphatic heterocycles. The van der Waals surface area contributed by atoms with Crippen LogP contribution in [0.3, 0.4) is 0 Å². The second-order valence-electron chi connectivity index (χ2n) is 6.47. The number of rotatable bonds is 9. The maximum atomic E-state index is 12.6. The third-order valence-electron chi connectivity index (χ3n) is 4.08. The van der Waals surface area contributed by atoms with E-state index in [-0.39, 0.29) is 21.5 Å². The van der Waals surface area contributed by atoms with Crippen molar-refractivity contribution in [2.24, 2.45) is 0 Å². The van der Waals surface area contributed by atoms with Gasteiger partial charge in [0, 0.05) is 17.8 Å². The molecule has 0 atom stereocenters. The highest BCUT2D eigenvalue weighted by Crippen LogP contribution is 2.26. The van der Waals surface area contributed by atoms with Crippen LogP contribution in [0.2, 0.25) is 0 Å². The van der Waals surface area contributed by atoms with Crippen LogP contribution in [0.15, 0.2) is 53.6 Å². The van der Waals surface area contributed by atoms with E-state index in [2.05, 4.69) is 15.0 Å². The number of hydrogen-bond acceptors (Lipinski definition) is 12. The lowest BCUT2D eigenvalue weighted by Gasteiger charge is -2.11. The fourth-order valence-corrected chi connectivity index (χ4v) is 4.22. The Morgan fingerprint density at radius 3 is 2.37 bits per heavy atom. The number of nitrogens with zero attached hydrogens (tertiary/aromatic N) is 3. The number of nitro benzene ring substituents is 1. The normalized spacial score (nSPS) is 10.9. The summed E-state index contributed by atoms with van der Waals surface area (Å²) in [6.45, 7) is -0.857. The molecule has 0 fully saturated rings. The Kier molecular flexibility index (Phi) is 7.21. The molecule has 0 aliphatic carbocycles. The first-order valence-corrected chi connectivity index (χ1v) is 11.4. The summed E-state index contributed by atoms with van der Waals surface area (Å²) in [5, 5.41) is 33.1. The van der Waals surface area contributed by atoms with E-state index >= 15 is 0 Å². The van der Waals surface area contributed by atoms with E-state index in [0.29, 0.717) is 11.3 Å². The zero-order valence-electron chi connectivity index (χ0n) is 17.1. The van der Waals surface area contributed by atoms with E-state index in [0.717, 1.165) is 36.5 Å². The summed E-state index contributed by atoms with van der Waals surface area (Å²) in [6.07, 6.45) is 0.932. The average Bonchev–Trinajstić information content (AvgIpc) is 3.26. The number of sulfonamides is 1. The summed E-state index contributed by atoms with van der Waals surface area (Å²) in [7, 11) is -4.28. The highest BCUT2D eigenvalue weighted by molar-refractivity contribution is 7.92. The number of carbonyl (C=O) groups excluding carboxylic acids is 2. The lowest BCUT2D eigenvalue weighted by atomic mass is 10.2. The highest BCUT2D eigenvalue weighted by Gasteiger charge is 2.22. The molecule has 182 valence electrons. The molecule has 0 spiro atoms. The third-order valence-corrected chi connectivity index (χ3v) is 6.33. The summed E-state index contributed by atoms with van der Waals surface area (Å²) >= 11 is 0.580. The lowest BCUT2D eigenvalue weighted by Crippen LogP contribution is -2.21. The van der Waals surface area contributed by atoms with Crippen molar-refractivity contribution in [3.05, 3.63) is 74.5 Å². The number of anilines is 2. The van der Waals surface area contributed by atoms with Crippen LogP contribution in [0.5, 0.6) is 5.75 Å². The van der Waals surface area contributed by atoms with Gasteiger partial charge in [0.25, 0.3) is 21.6 Å². The Morgan fingerprint density at radius 1 is 1.09 bits per heavy atom. The van der Waals surface area contributed by atoms with Crippen molar-refractivity contribution in [1.82, 2.24) is 4.98 Å². The molecule has 0 aliphatic rings. The number of carbonyl (C=O) groups is 2. The largest absolute Gasteiger partial charge is 0.507 e. The van der Waals surface area contributed by atoms with Crippen LogP contribution in [0.4, 0.5) is 21.5 Å². The van der Waals surface area contributed by atoms with Crippen molar-refractivity contribution in [2.75, 3.05) is 16.6 Å². The van der Waals surface area contributed by atoms with Gasteiger partial charge in [0.15, 0.2) is 11.7 Å². The van der Waals surface area contributed by atoms with Gasteiger partial charge in [0.2, 0.25) is 0 Å². The molecule has 15 nitrogen and oxygen atoms in total. The van der Waals surface area contributed by atoms with Crippen LogP contribution >= 0.6 is 11.3 Å². The molecule has 0 radical (unpaired) electrons. The third kappa shape index (κ3) is 6.24. The van der Waals surface area contributed by atoms with Crippen molar-refractivity contribution < 1.29 is 37.7 Å². The number of aromatic hydroxyl groups is 1. The molecule has 0 saturated heterocycles. The topological polar surface area (TPSA) is 221 Å². The van der Waals surface area contributed by atoms with Gasteiger partial charge in [0.1, 0.15) is 17.5 Å². The number of hydrogen-bond donors (Lipinski definition) is 3. The second-order valence-corrected chi connectivity index (χ2v) is 9.17. The number of thiazole rings is 1. The summed E-state index contributed by atoms with van der Waals surface area (Å²) in [4.78, 5) is 47.4.